The van der Waals surface area contributed by atoms with Gasteiger partial charge in [0.1, 0.15) is 5.69 Å². The van der Waals surface area contributed by atoms with Gasteiger partial charge in [-0.25, -0.2) is 0 Å². The van der Waals surface area contributed by atoms with Gasteiger partial charge in [-0.15, -0.1) is 0 Å². The summed E-state index contributed by atoms with van der Waals surface area (Å²) in [7, 11) is 3.48. The van der Waals surface area contributed by atoms with Gasteiger partial charge >= 0.3 is 0 Å². The first-order valence-corrected chi connectivity index (χ1v) is 7.70. The molecule has 1 aromatic rings. The molecule has 5 nitrogen and oxygen atoms in total. The molecule has 0 atom stereocenters. The minimum atomic E-state index is -0.0660. The van der Waals surface area contributed by atoms with Gasteiger partial charge in [-0.05, 0) is 44.0 Å². The molecule has 1 aliphatic rings. The smallest absolute Gasteiger partial charge is 0.272 e. The molecule has 0 radical (unpaired) electrons. The van der Waals surface area contributed by atoms with E-state index in [1.807, 2.05) is 12.1 Å². The van der Waals surface area contributed by atoms with Crippen molar-refractivity contribution in [3.8, 4) is 0 Å². The van der Waals surface area contributed by atoms with Gasteiger partial charge in [-0.1, -0.05) is 6.92 Å². The lowest BCUT2D eigenvalue weighted by Gasteiger charge is -2.30. The number of carbonyl (C=O) groups is 1. The van der Waals surface area contributed by atoms with E-state index in [9.17, 15) is 4.79 Å². The summed E-state index contributed by atoms with van der Waals surface area (Å²) in [4.78, 5) is 20.0. The molecule has 0 bridgehead atoms. The van der Waals surface area contributed by atoms with Crippen molar-refractivity contribution in [2.75, 3.05) is 45.6 Å². The minimum absolute atomic E-state index is 0.0660. The zero-order chi connectivity index (χ0) is 15.2. The van der Waals surface area contributed by atoms with Crippen LogP contribution >= 0.6 is 0 Å². The Kier molecular flexibility index (Phi) is 5.56. The van der Waals surface area contributed by atoms with Crippen LogP contribution in [0.25, 0.3) is 0 Å². The fourth-order valence-corrected chi connectivity index (χ4v) is 2.53. The van der Waals surface area contributed by atoms with Crippen LogP contribution in [0.3, 0.4) is 0 Å². The summed E-state index contributed by atoms with van der Waals surface area (Å²) < 4.78 is 0. The second kappa shape index (κ2) is 7.41. The SMILES string of the molecule is CC1CCN(CCNc2ccnc(C(=O)N(C)C)c2)CC1. The van der Waals surface area contributed by atoms with Crippen LogP contribution in [-0.4, -0.2) is 61.0 Å². The molecule has 0 aromatic carbocycles. The van der Waals surface area contributed by atoms with E-state index in [-0.39, 0.29) is 5.91 Å². The fourth-order valence-electron chi connectivity index (χ4n) is 2.53. The standard InChI is InChI=1S/C16H26N4O/c1-13-5-9-20(10-6-13)11-8-17-14-4-7-18-15(12-14)16(21)19(2)3/h4,7,12-13H,5-6,8-11H2,1-3H3,(H,17,18). The maximum Gasteiger partial charge on any atom is 0.272 e. The summed E-state index contributed by atoms with van der Waals surface area (Å²) in [6.07, 6.45) is 4.29. The lowest BCUT2D eigenvalue weighted by atomic mass is 9.99. The summed E-state index contributed by atoms with van der Waals surface area (Å²) in [6.45, 7) is 6.67. The van der Waals surface area contributed by atoms with Crippen molar-refractivity contribution in [1.29, 1.82) is 0 Å². The third-order valence-corrected chi connectivity index (χ3v) is 4.02. The summed E-state index contributed by atoms with van der Waals surface area (Å²) in [6, 6.07) is 3.73. The summed E-state index contributed by atoms with van der Waals surface area (Å²) in [5.74, 6) is 0.803. The molecule has 0 saturated carbocycles. The van der Waals surface area contributed by atoms with Crippen LogP contribution in [0.15, 0.2) is 18.3 Å². The van der Waals surface area contributed by atoms with Gasteiger partial charge in [0.25, 0.3) is 5.91 Å². The Morgan fingerprint density at radius 1 is 1.43 bits per heavy atom. The monoisotopic (exact) mass is 290 g/mol. The van der Waals surface area contributed by atoms with Crippen molar-refractivity contribution in [3.63, 3.8) is 0 Å². The molecule has 2 heterocycles. The molecule has 0 aliphatic carbocycles. The largest absolute Gasteiger partial charge is 0.384 e. The molecule has 21 heavy (non-hydrogen) atoms. The lowest BCUT2D eigenvalue weighted by Crippen LogP contribution is -2.36. The molecule has 2 rings (SSSR count). The van der Waals surface area contributed by atoms with Crippen LogP contribution in [0.2, 0.25) is 0 Å². The van der Waals surface area contributed by atoms with Gasteiger partial charge in [0.2, 0.25) is 0 Å². The van der Waals surface area contributed by atoms with Crippen molar-refractivity contribution in [3.05, 3.63) is 24.0 Å². The van der Waals surface area contributed by atoms with Gasteiger partial charge in [-0.3, -0.25) is 9.78 Å². The summed E-state index contributed by atoms with van der Waals surface area (Å²) in [5, 5.41) is 3.38. The van der Waals surface area contributed by atoms with Gasteiger partial charge in [0.15, 0.2) is 0 Å². The number of hydrogen-bond acceptors (Lipinski definition) is 4. The first kappa shape index (κ1) is 15.8. The third-order valence-electron chi connectivity index (χ3n) is 4.02. The van der Waals surface area contributed by atoms with Crippen molar-refractivity contribution < 1.29 is 4.79 Å². The highest BCUT2D eigenvalue weighted by atomic mass is 16.2. The lowest BCUT2D eigenvalue weighted by molar-refractivity contribution is 0.0822. The molecule has 1 saturated heterocycles. The molecule has 1 N–H and O–H groups in total. The van der Waals surface area contributed by atoms with E-state index < -0.39 is 0 Å². The van der Waals surface area contributed by atoms with Crippen molar-refractivity contribution in [1.82, 2.24) is 14.8 Å². The zero-order valence-corrected chi connectivity index (χ0v) is 13.3. The van der Waals surface area contributed by atoms with Crippen molar-refractivity contribution in [2.24, 2.45) is 5.92 Å². The van der Waals surface area contributed by atoms with Crippen LogP contribution in [0, 0.1) is 5.92 Å². The number of aromatic nitrogens is 1. The fraction of sp³-hybridized carbons (Fsp3) is 0.625. The first-order chi connectivity index (χ1) is 10.1. The number of nitrogens with zero attached hydrogens (tertiary/aromatic N) is 3. The molecular weight excluding hydrogens is 264 g/mol. The average molecular weight is 290 g/mol. The van der Waals surface area contributed by atoms with Crippen LogP contribution < -0.4 is 5.32 Å². The van der Waals surface area contributed by atoms with E-state index in [1.165, 1.54) is 25.9 Å². The number of likely N-dealkylation sites (tertiary alicyclic amines) is 1. The number of amides is 1. The highest BCUT2D eigenvalue weighted by Crippen LogP contribution is 2.15. The van der Waals surface area contributed by atoms with E-state index in [4.69, 9.17) is 0 Å². The van der Waals surface area contributed by atoms with Crippen molar-refractivity contribution in [2.45, 2.75) is 19.8 Å². The Hall–Kier alpha value is -1.62. The van der Waals surface area contributed by atoms with E-state index in [2.05, 4.69) is 22.1 Å². The summed E-state index contributed by atoms with van der Waals surface area (Å²) in [5.41, 5.74) is 1.44. The van der Waals surface area contributed by atoms with E-state index in [0.717, 1.165) is 24.7 Å². The molecule has 0 spiro atoms. The average Bonchev–Trinajstić information content (AvgIpc) is 2.49. The minimum Gasteiger partial charge on any atom is -0.384 e. The van der Waals surface area contributed by atoms with Gasteiger partial charge < -0.3 is 15.1 Å². The Morgan fingerprint density at radius 3 is 2.81 bits per heavy atom. The molecular formula is C16H26N4O. The van der Waals surface area contributed by atoms with Crippen LogP contribution in [0.5, 0.6) is 0 Å². The van der Waals surface area contributed by atoms with Gasteiger partial charge in [-0.2, -0.15) is 0 Å². The molecule has 1 fully saturated rings. The highest BCUT2D eigenvalue weighted by molar-refractivity contribution is 5.92. The second-order valence-electron chi connectivity index (χ2n) is 6.08. The van der Waals surface area contributed by atoms with Crippen LogP contribution in [0.1, 0.15) is 30.3 Å². The first-order valence-electron chi connectivity index (χ1n) is 7.70. The molecule has 5 heteroatoms. The highest BCUT2D eigenvalue weighted by Gasteiger charge is 2.15. The predicted octanol–water partition coefficient (Wildman–Crippen LogP) is 1.93. The number of piperidine rings is 1. The number of nitrogens with one attached hydrogen (secondary N) is 1. The predicted molar refractivity (Wildman–Crippen MR) is 85.6 cm³/mol. The van der Waals surface area contributed by atoms with Gasteiger partial charge in [0.05, 0.1) is 0 Å². The van der Waals surface area contributed by atoms with Crippen LogP contribution in [-0.2, 0) is 0 Å². The molecule has 0 unspecified atom stereocenters. The van der Waals surface area contributed by atoms with E-state index in [1.54, 1.807) is 25.2 Å². The maximum absolute atomic E-state index is 11.9. The number of anilines is 1. The third kappa shape index (κ3) is 4.70. The molecule has 1 aromatic heterocycles. The molecule has 116 valence electrons. The second-order valence-corrected chi connectivity index (χ2v) is 6.08. The number of carbonyl (C=O) groups excluding carboxylic acids is 1. The number of hydrogen-bond donors (Lipinski definition) is 1. The molecule has 1 amide bonds. The van der Waals surface area contributed by atoms with E-state index >= 15 is 0 Å². The maximum atomic E-state index is 11.9. The Morgan fingerprint density at radius 2 is 2.14 bits per heavy atom. The molecule has 1 aliphatic heterocycles. The Labute approximate surface area is 127 Å². The Balaban J connectivity index is 1.81. The number of rotatable bonds is 5. The topological polar surface area (TPSA) is 48.5 Å². The normalized spacial score (nSPS) is 16.7. The van der Waals surface area contributed by atoms with E-state index in [0.29, 0.717) is 5.69 Å². The zero-order valence-electron chi connectivity index (χ0n) is 13.3. The quantitative estimate of drug-likeness (QED) is 0.900. The van der Waals surface area contributed by atoms with Crippen molar-refractivity contribution >= 4 is 11.6 Å². The van der Waals surface area contributed by atoms with Crippen LogP contribution in [0.4, 0.5) is 5.69 Å². The van der Waals surface area contributed by atoms with Gasteiger partial charge in [0, 0.05) is 39.1 Å². The Bertz CT molecular complexity index is 467. The summed E-state index contributed by atoms with van der Waals surface area (Å²) >= 11 is 0. The number of pyridine rings is 1.